The fourth-order valence-electron chi connectivity index (χ4n) is 4.38. The molecule has 1 saturated heterocycles. The molecule has 1 N–H and O–H groups in total. The highest BCUT2D eigenvalue weighted by Crippen LogP contribution is 2.39. The molecule has 1 fully saturated rings. The van der Waals surface area contributed by atoms with Gasteiger partial charge in [-0.1, -0.05) is 0 Å². The van der Waals surface area contributed by atoms with E-state index in [0.717, 1.165) is 44.2 Å². The quantitative estimate of drug-likeness (QED) is 0.716. The van der Waals surface area contributed by atoms with Crippen molar-refractivity contribution >= 4 is 17.2 Å². The second kappa shape index (κ2) is 7.18. The standard InChI is InChI=1S/C20H23N5O2S/c1-13-5-8-28-17(13)12-24-10-14-4-6-25-18(16(14)11-24)22-23-19(25)20(26)21-9-15-3-2-7-27-15/h2-3,5,7-8,14,16H,4,6,9-12H2,1H3,(H,21,26). The number of fused-ring (bicyclic) bond motifs is 3. The zero-order valence-electron chi connectivity index (χ0n) is 15.8. The molecule has 3 aromatic heterocycles. The molecule has 146 valence electrons. The number of carbonyl (C=O) groups excluding carboxylic acids is 1. The summed E-state index contributed by atoms with van der Waals surface area (Å²) in [5.41, 5.74) is 1.37. The molecule has 0 aliphatic carbocycles. The van der Waals surface area contributed by atoms with Gasteiger partial charge < -0.3 is 14.3 Å². The van der Waals surface area contributed by atoms with Gasteiger partial charge in [0.15, 0.2) is 0 Å². The number of likely N-dealkylation sites (tertiary alicyclic amines) is 1. The average molecular weight is 398 g/mol. The predicted octanol–water partition coefficient (Wildman–Crippen LogP) is 2.79. The van der Waals surface area contributed by atoms with Crippen LogP contribution in [-0.4, -0.2) is 38.7 Å². The van der Waals surface area contributed by atoms with Crippen LogP contribution in [-0.2, 0) is 19.6 Å². The summed E-state index contributed by atoms with van der Waals surface area (Å²) in [5, 5.41) is 13.7. The van der Waals surface area contributed by atoms with Crippen molar-refractivity contribution in [1.29, 1.82) is 0 Å². The van der Waals surface area contributed by atoms with Gasteiger partial charge >= 0.3 is 0 Å². The topological polar surface area (TPSA) is 76.2 Å². The fourth-order valence-corrected chi connectivity index (χ4v) is 5.32. The summed E-state index contributed by atoms with van der Waals surface area (Å²) in [4.78, 5) is 16.6. The third-order valence-electron chi connectivity index (χ3n) is 5.89. The van der Waals surface area contributed by atoms with Crippen molar-refractivity contribution in [2.75, 3.05) is 13.1 Å². The molecule has 8 heteroatoms. The Morgan fingerprint density at radius 2 is 2.29 bits per heavy atom. The molecule has 28 heavy (non-hydrogen) atoms. The molecular weight excluding hydrogens is 374 g/mol. The summed E-state index contributed by atoms with van der Waals surface area (Å²) in [6.45, 7) is 6.41. The van der Waals surface area contributed by atoms with Crippen LogP contribution in [0.4, 0.5) is 0 Å². The van der Waals surface area contributed by atoms with Crippen molar-refractivity contribution in [3.8, 4) is 0 Å². The SMILES string of the molecule is Cc1ccsc1CN1CC2CCn3c(C(=O)NCc4ccco4)nnc3C2C1. The van der Waals surface area contributed by atoms with Crippen LogP contribution in [0.15, 0.2) is 34.3 Å². The number of hydrogen-bond acceptors (Lipinski definition) is 6. The maximum atomic E-state index is 12.6. The molecule has 1 amide bonds. The maximum Gasteiger partial charge on any atom is 0.289 e. The zero-order valence-corrected chi connectivity index (χ0v) is 16.6. The van der Waals surface area contributed by atoms with Crippen molar-refractivity contribution in [3.05, 3.63) is 57.7 Å². The number of furan rings is 1. The van der Waals surface area contributed by atoms with Crippen LogP contribution < -0.4 is 5.32 Å². The van der Waals surface area contributed by atoms with Crippen LogP contribution in [0.2, 0.25) is 0 Å². The van der Waals surface area contributed by atoms with Gasteiger partial charge in [-0.05, 0) is 48.4 Å². The Morgan fingerprint density at radius 1 is 1.36 bits per heavy atom. The number of carbonyl (C=O) groups is 1. The lowest BCUT2D eigenvalue weighted by Gasteiger charge is -2.25. The molecule has 0 aromatic carbocycles. The van der Waals surface area contributed by atoms with E-state index < -0.39 is 0 Å². The van der Waals surface area contributed by atoms with E-state index >= 15 is 0 Å². The van der Waals surface area contributed by atoms with E-state index in [1.807, 2.05) is 28.0 Å². The van der Waals surface area contributed by atoms with E-state index in [-0.39, 0.29) is 5.91 Å². The molecule has 0 bridgehead atoms. The molecular formula is C20H23N5O2S. The second-order valence-electron chi connectivity index (χ2n) is 7.67. The summed E-state index contributed by atoms with van der Waals surface area (Å²) >= 11 is 1.83. The van der Waals surface area contributed by atoms with Crippen molar-refractivity contribution in [1.82, 2.24) is 25.0 Å². The number of nitrogens with zero attached hydrogens (tertiary/aromatic N) is 4. The first-order valence-electron chi connectivity index (χ1n) is 9.68. The molecule has 5 rings (SSSR count). The summed E-state index contributed by atoms with van der Waals surface area (Å²) in [5.74, 6) is 2.85. The third-order valence-corrected chi connectivity index (χ3v) is 6.90. The van der Waals surface area contributed by atoms with Gasteiger partial charge in [0.1, 0.15) is 11.6 Å². The molecule has 2 aliphatic heterocycles. The van der Waals surface area contributed by atoms with Gasteiger partial charge in [0.25, 0.3) is 5.91 Å². The molecule has 5 heterocycles. The first-order chi connectivity index (χ1) is 13.7. The maximum absolute atomic E-state index is 12.6. The number of thiophene rings is 1. The molecule has 2 atom stereocenters. The monoisotopic (exact) mass is 397 g/mol. The second-order valence-corrected chi connectivity index (χ2v) is 8.67. The Morgan fingerprint density at radius 3 is 3.07 bits per heavy atom. The van der Waals surface area contributed by atoms with Crippen LogP contribution in [0.25, 0.3) is 0 Å². The summed E-state index contributed by atoms with van der Waals surface area (Å²) < 4.78 is 7.28. The lowest BCUT2D eigenvalue weighted by molar-refractivity contribution is 0.0931. The Kier molecular flexibility index (Phi) is 4.52. The van der Waals surface area contributed by atoms with Gasteiger partial charge in [0.2, 0.25) is 5.82 Å². The van der Waals surface area contributed by atoms with E-state index in [4.69, 9.17) is 4.42 Å². The molecule has 2 aliphatic rings. The minimum absolute atomic E-state index is 0.197. The number of hydrogen-bond donors (Lipinski definition) is 1. The lowest BCUT2D eigenvalue weighted by Crippen LogP contribution is -2.30. The molecule has 2 unspecified atom stereocenters. The fraction of sp³-hybridized carbons (Fsp3) is 0.450. The Bertz CT molecular complexity index is 977. The lowest BCUT2D eigenvalue weighted by atomic mass is 9.89. The first kappa shape index (κ1) is 17.6. The molecule has 0 spiro atoms. The van der Waals surface area contributed by atoms with Crippen LogP contribution in [0.1, 0.15) is 45.0 Å². The highest BCUT2D eigenvalue weighted by Gasteiger charge is 2.40. The van der Waals surface area contributed by atoms with E-state index in [1.54, 1.807) is 6.26 Å². The number of rotatable bonds is 5. The molecule has 7 nitrogen and oxygen atoms in total. The Balaban J connectivity index is 1.29. The van der Waals surface area contributed by atoms with E-state index in [9.17, 15) is 4.79 Å². The molecule has 3 aromatic rings. The van der Waals surface area contributed by atoms with Gasteiger partial charge in [-0.15, -0.1) is 21.5 Å². The summed E-state index contributed by atoms with van der Waals surface area (Å²) in [7, 11) is 0. The van der Waals surface area contributed by atoms with Crippen LogP contribution in [0, 0.1) is 12.8 Å². The van der Waals surface area contributed by atoms with Crippen molar-refractivity contribution in [2.24, 2.45) is 5.92 Å². The Hall–Kier alpha value is -2.45. The van der Waals surface area contributed by atoms with Gasteiger partial charge in [0.05, 0.1) is 12.8 Å². The molecule has 0 saturated carbocycles. The zero-order chi connectivity index (χ0) is 19.1. The Labute approximate surface area is 167 Å². The van der Waals surface area contributed by atoms with E-state index in [1.165, 1.54) is 10.4 Å². The molecule has 0 radical (unpaired) electrons. The van der Waals surface area contributed by atoms with Crippen molar-refractivity contribution in [2.45, 2.75) is 38.9 Å². The highest BCUT2D eigenvalue weighted by atomic mass is 32.1. The van der Waals surface area contributed by atoms with E-state index in [2.05, 4.69) is 38.8 Å². The number of aromatic nitrogens is 3. The summed E-state index contributed by atoms with van der Waals surface area (Å²) in [6, 6.07) is 5.84. The van der Waals surface area contributed by atoms with Crippen LogP contribution >= 0.6 is 11.3 Å². The minimum Gasteiger partial charge on any atom is -0.467 e. The highest BCUT2D eigenvalue weighted by molar-refractivity contribution is 7.10. The predicted molar refractivity (Wildman–Crippen MR) is 105 cm³/mol. The number of nitrogens with one attached hydrogen (secondary N) is 1. The van der Waals surface area contributed by atoms with Gasteiger partial charge in [-0.3, -0.25) is 9.69 Å². The number of amides is 1. The first-order valence-corrected chi connectivity index (χ1v) is 10.6. The third kappa shape index (κ3) is 3.16. The van der Waals surface area contributed by atoms with E-state index in [0.29, 0.717) is 24.2 Å². The summed E-state index contributed by atoms with van der Waals surface area (Å²) in [6.07, 6.45) is 2.66. The average Bonchev–Trinajstić information content (AvgIpc) is 3.47. The smallest absolute Gasteiger partial charge is 0.289 e. The largest absolute Gasteiger partial charge is 0.467 e. The van der Waals surface area contributed by atoms with Crippen LogP contribution in [0.3, 0.4) is 0 Å². The van der Waals surface area contributed by atoms with Crippen LogP contribution in [0.5, 0.6) is 0 Å². The van der Waals surface area contributed by atoms with Crippen molar-refractivity contribution in [3.63, 3.8) is 0 Å². The normalized spacial score (nSPS) is 21.5. The van der Waals surface area contributed by atoms with Gasteiger partial charge in [-0.25, -0.2) is 0 Å². The minimum atomic E-state index is -0.197. The van der Waals surface area contributed by atoms with Gasteiger partial charge in [0, 0.05) is 37.0 Å². The van der Waals surface area contributed by atoms with Gasteiger partial charge in [-0.2, -0.15) is 0 Å². The number of aryl methyl sites for hydroxylation is 1. The van der Waals surface area contributed by atoms with Crippen molar-refractivity contribution < 1.29 is 9.21 Å².